The van der Waals surface area contributed by atoms with Crippen LogP contribution in [0.25, 0.3) is 0 Å². The van der Waals surface area contributed by atoms with Gasteiger partial charge in [-0.25, -0.2) is 8.78 Å². The second-order valence-corrected chi connectivity index (χ2v) is 6.42. The number of hydrogen-bond acceptors (Lipinski definition) is 2. The molecule has 0 saturated carbocycles. The van der Waals surface area contributed by atoms with Crippen LogP contribution in [0.2, 0.25) is 0 Å². The number of ether oxygens (including phenoxy) is 1. The maximum Gasteiger partial charge on any atom is 0.270 e. The molecule has 1 aliphatic heterocycles. The van der Waals surface area contributed by atoms with Crippen molar-refractivity contribution in [2.24, 2.45) is 0 Å². The lowest BCUT2D eigenvalue weighted by atomic mass is 10.1. The molecule has 6 heteroatoms. The van der Waals surface area contributed by atoms with Crippen LogP contribution in [0.15, 0.2) is 18.2 Å². The molecule has 4 nitrogen and oxygen atoms in total. The van der Waals surface area contributed by atoms with Gasteiger partial charge in [0.15, 0.2) is 11.6 Å². The Bertz CT molecular complexity index is 808. The van der Waals surface area contributed by atoms with Crippen LogP contribution in [0.3, 0.4) is 0 Å². The number of carbonyl (C=O) groups is 1. The summed E-state index contributed by atoms with van der Waals surface area (Å²) in [7, 11) is 0. The first-order chi connectivity index (χ1) is 11.9. The SMILES string of the molecule is Cc1c(C)c(C(=O)N2CCOCC2)n(Cc2ccc(F)c(F)c2)c1C. The quantitative estimate of drug-likeness (QED) is 0.854. The largest absolute Gasteiger partial charge is 0.378 e. The van der Waals surface area contributed by atoms with Crippen LogP contribution in [-0.2, 0) is 11.3 Å². The first-order valence-electron chi connectivity index (χ1n) is 8.37. The summed E-state index contributed by atoms with van der Waals surface area (Å²) in [5.41, 5.74) is 4.16. The van der Waals surface area contributed by atoms with E-state index in [0.717, 1.165) is 22.9 Å². The first kappa shape index (κ1) is 17.6. The first-order valence-corrected chi connectivity index (χ1v) is 8.37. The monoisotopic (exact) mass is 348 g/mol. The molecule has 0 aliphatic carbocycles. The third-order valence-electron chi connectivity index (χ3n) is 4.96. The summed E-state index contributed by atoms with van der Waals surface area (Å²) in [6.07, 6.45) is 0. The Labute approximate surface area is 146 Å². The average Bonchev–Trinajstić information content (AvgIpc) is 2.82. The molecule has 2 aromatic rings. The number of nitrogens with zero attached hydrogens (tertiary/aromatic N) is 2. The Hall–Kier alpha value is -2.21. The fraction of sp³-hybridized carbons (Fsp3) is 0.421. The standard InChI is InChI=1S/C19H22F2N2O2/c1-12-13(2)18(19(24)22-6-8-25-9-7-22)23(14(12)3)11-15-4-5-16(20)17(21)10-15/h4-5,10H,6-9,11H2,1-3H3. The summed E-state index contributed by atoms with van der Waals surface area (Å²) in [5.74, 6) is -1.79. The third-order valence-corrected chi connectivity index (χ3v) is 4.96. The van der Waals surface area contributed by atoms with Crippen LogP contribution in [0.5, 0.6) is 0 Å². The Balaban J connectivity index is 1.99. The summed E-state index contributed by atoms with van der Waals surface area (Å²) < 4.78 is 33.9. The molecule has 1 amide bonds. The van der Waals surface area contributed by atoms with Crippen molar-refractivity contribution in [3.8, 4) is 0 Å². The summed E-state index contributed by atoms with van der Waals surface area (Å²) in [5, 5.41) is 0. The van der Waals surface area contributed by atoms with Gasteiger partial charge in [0.2, 0.25) is 0 Å². The van der Waals surface area contributed by atoms with Crippen LogP contribution in [-0.4, -0.2) is 41.7 Å². The van der Waals surface area contributed by atoms with Crippen LogP contribution in [0.1, 0.15) is 32.9 Å². The van der Waals surface area contributed by atoms with Crippen molar-refractivity contribution in [1.29, 1.82) is 0 Å². The molecule has 1 aliphatic rings. The minimum Gasteiger partial charge on any atom is -0.378 e. The van der Waals surface area contributed by atoms with Crippen LogP contribution in [0.4, 0.5) is 8.78 Å². The highest BCUT2D eigenvalue weighted by molar-refractivity contribution is 5.95. The fourth-order valence-corrected chi connectivity index (χ4v) is 3.23. The highest BCUT2D eigenvalue weighted by Crippen LogP contribution is 2.25. The molecule has 0 unspecified atom stereocenters. The second-order valence-electron chi connectivity index (χ2n) is 6.42. The molecule has 1 fully saturated rings. The van der Waals surface area contributed by atoms with E-state index in [0.29, 0.717) is 44.1 Å². The van der Waals surface area contributed by atoms with E-state index in [1.54, 1.807) is 11.0 Å². The molecule has 0 bridgehead atoms. The zero-order valence-electron chi connectivity index (χ0n) is 14.7. The van der Waals surface area contributed by atoms with Gasteiger partial charge in [-0.15, -0.1) is 0 Å². The van der Waals surface area contributed by atoms with E-state index >= 15 is 0 Å². The Kier molecular flexibility index (Phi) is 4.90. The van der Waals surface area contributed by atoms with Crippen LogP contribution < -0.4 is 0 Å². The molecule has 2 heterocycles. The molecule has 1 aromatic carbocycles. The van der Waals surface area contributed by atoms with Gasteiger partial charge in [-0.2, -0.15) is 0 Å². The number of halogens is 2. The molecular weight excluding hydrogens is 326 g/mol. The average molecular weight is 348 g/mol. The smallest absolute Gasteiger partial charge is 0.270 e. The van der Waals surface area contributed by atoms with Crippen LogP contribution in [0, 0.1) is 32.4 Å². The fourth-order valence-electron chi connectivity index (χ4n) is 3.23. The van der Waals surface area contributed by atoms with Gasteiger partial charge in [-0.3, -0.25) is 4.79 Å². The van der Waals surface area contributed by atoms with E-state index in [4.69, 9.17) is 4.74 Å². The molecule has 0 spiro atoms. The highest BCUT2D eigenvalue weighted by atomic mass is 19.2. The van der Waals surface area contributed by atoms with Gasteiger partial charge in [0, 0.05) is 25.3 Å². The van der Waals surface area contributed by atoms with Gasteiger partial charge >= 0.3 is 0 Å². The number of amides is 1. The summed E-state index contributed by atoms with van der Waals surface area (Å²) in [6.45, 7) is 8.36. The van der Waals surface area contributed by atoms with Gasteiger partial charge in [0.05, 0.1) is 13.2 Å². The van der Waals surface area contributed by atoms with Crippen molar-refractivity contribution in [3.63, 3.8) is 0 Å². The molecular formula is C19H22F2N2O2. The zero-order valence-corrected chi connectivity index (χ0v) is 14.7. The van der Waals surface area contributed by atoms with Gasteiger partial charge < -0.3 is 14.2 Å². The lowest BCUT2D eigenvalue weighted by Crippen LogP contribution is -2.41. The molecule has 1 saturated heterocycles. The van der Waals surface area contributed by atoms with Gasteiger partial charge in [0.25, 0.3) is 5.91 Å². The second kappa shape index (κ2) is 6.96. The maximum absolute atomic E-state index is 13.5. The molecule has 134 valence electrons. The highest BCUT2D eigenvalue weighted by Gasteiger charge is 2.26. The van der Waals surface area contributed by atoms with Crippen LogP contribution >= 0.6 is 0 Å². The number of carbonyl (C=O) groups excluding carboxylic acids is 1. The lowest BCUT2D eigenvalue weighted by Gasteiger charge is -2.27. The van der Waals surface area contributed by atoms with Crippen molar-refractivity contribution in [3.05, 3.63) is 57.9 Å². The van der Waals surface area contributed by atoms with E-state index in [2.05, 4.69) is 0 Å². The minimum absolute atomic E-state index is 0.0421. The predicted octanol–water partition coefficient (Wildman–Crippen LogP) is 3.21. The number of benzene rings is 1. The maximum atomic E-state index is 13.5. The summed E-state index contributed by atoms with van der Waals surface area (Å²) in [4.78, 5) is 14.8. The third kappa shape index (κ3) is 3.31. The number of hydrogen-bond donors (Lipinski definition) is 0. The number of rotatable bonds is 3. The van der Waals surface area contributed by atoms with Crippen molar-refractivity contribution >= 4 is 5.91 Å². The van der Waals surface area contributed by atoms with E-state index in [9.17, 15) is 13.6 Å². The van der Waals surface area contributed by atoms with E-state index in [1.807, 2.05) is 25.3 Å². The Morgan fingerprint density at radius 1 is 1.08 bits per heavy atom. The minimum atomic E-state index is -0.878. The number of morpholine rings is 1. The zero-order chi connectivity index (χ0) is 18.1. The van der Waals surface area contributed by atoms with Crippen molar-refractivity contribution in [2.45, 2.75) is 27.3 Å². The molecule has 0 radical (unpaired) electrons. The Morgan fingerprint density at radius 2 is 1.76 bits per heavy atom. The molecule has 25 heavy (non-hydrogen) atoms. The van der Waals surface area contributed by atoms with Gasteiger partial charge in [-0.1, -0.05) is 6.07 Å². The molecule has 0 atom stereocenters. The number of aromatic nitrogens is 1. The normalized spacial score (nSPS) is 14.8. The van der Waals surface area contributed by atoms with E-state index in [1.165, 1.54) is 6.07 Å². The summed E-state index contributed by atoms with van der Waals surface area (Å²) in [6, 6.07) is 3.85. The van der Waals surface area contributed by atoms with Crippen molar-refractivity contribution in [1.82, 2.24) is 9.47 Å². The summed E-state index contributed by atoms with van der Waals surface area (Å²) >= 11 is 0. The van der Waals surface area contributed by atoms with E-state index in [-0.39, 0.29) is 5.91 Å². The van der Waals surface area contributed by atoms with Crippen molar-refractivity contribution in [2.75, 3.05) is 26.3 Å². The van der Waals surface area contributed by atoms with Gasteiger partial charge in [0.1, 0.15) is 5.69 Å². The lowest BCUT2D eigenvalue weighted by molar-refractivity contribution is 0.0295. The molecule has 0 N–H and O–H groups in total. The Morgan fingerprint density at radius 3 is 2.40 bits per heavy atom. The molecule has 1 aromatic heterocycles. The topological polar surface area (TPSA) is 34.5 Å². The molecule has 3 rings (SSSR count). The van der Waals surface area contributed by atoms with Crippen molar-refractivity contribution < 1.29 is 18.3 Å². The van der Waals surface area contributed by atoms with Gasteiger partial charge in [-0.05, 0) is 49.6 Å². The van der Waals surface area contributed by atoms with E-state index < -0.39 is 11.6 Å². The predicted molar refractivity (Wildman–Crippen MR) is 90.8 cm³/mol.